The number of hydrogen-bond donors (Lipinski definition) is 1. The molecule has 0 saturated carbocycles. The van der Waals surface area contributed by atoms with Gasteiger partial charge in [0.05, 0.1) is 0 Å². The molecule has 19 heavy (non-hydrogen) atoms. The molecule has 2 heterocycles. The van der Waals surface area contributed by atoms with Crippen molar-refractivity contribution in [1.29, 1.82) is 0 Å². The molecule has 0 spiro atoms. The zero-order chi connectivity index (χ0) is 13.8. The summed E-state index contributed by atoms with van der Waals surface area (Å²) in [5.74, 6) is 1.65. The number of aryl methyl sites for hydroxylation is 2. The van der Waals surface area contributed by atoms with E-state index < -0.39 is 0 Å². The third-order valence-corrected chi connectivity index (χ3v) is 3.11. The van der Waals surface area contributed by atoms with E-state index in [9.17, 15) is 0 Å². The Morgan fingerprint density at radius 1 is 1.21 bits per heavy atom. The Kier molecular flexibility index (Phi) is 4.14. The Morgan fingerprint density at radius 3 is 2.68 bits per heavy atom. The van der Waals surface area contributed by atoms with Crippen LogP contribution in [0, 0.1) is 13.8 Å². The smallest absolute Gasteiger partial charge is 0.180 e. The van der Waals surface area contributed by atoms with Crippen molar-refractivity contribution in [2.75, 3.05) is 11.9 Å². The first-order valence-electron chi connectivity index (χ1n) is 6.78. The van der Waals surface area contributed by atoms with Gasteiger partial charge in [0.25, 0.3) is 0 Å². The minimum Gasteiger partial charge on any atom is -0.370 e. The summed E-state index contributed by atoms with van der Waals surface area (Å²) in [5, 5.41) is 7.62. The monoisotopic (exact) mass is 259 g/mol. The summed E-state index contributed by atoms with van der Waals surface area (Å²) in [7, 11) is 0. The number of nitrogens with one attached hydrogen (secondary N) is 1. The molecule has 2 rings (SSSR count). The molecule has 0 aliphatic carbocycles. The molecule has 102 valence electrons. The predicted octanol–water partition coefficient (Wildman–Crippen LogP) is 2.80. The van der Waals surface area contributed by atoms with Crippen LogP contribution in [0.4, 0.5) is 5.82 Å². The number of nitrogens with zero attached hydrogens (tertiary/aromatic N) is 4. The van der Waals surface area contributed by atoms with Crippen molar-refractivity contribution in [2.45, 2.75) is 40.7 Å². The number of aromatic nitrogens is 4. The molecular formula is C14H21N5. The van der Waals surface area contributed by atoms with Gasteiger partial charge >= 0.3 is 0 Å². The largest absolute Gasteiger partial charge is 0.370 e. The van der Waals surface area contributed by atoms with Crippen LogP contribution in [0.25, 0.3) is 11.5 Å². The highest BCUT2D eigenvalue weighted by molar-refractivity contribution is 5.56. The lowest BCUT2D eigenvalue weighted by Gasteiger charge is -2.12. The molecule has 0 unspecified atom stereocenters. The van der Waals surface area contributed by atoms with Gasteiger partial charge in [-0.3, -0.25) is 4.68 Å². The van der Waals surface area contributed by atoms with Gasteiger partial charge in [0.15, 0.2) is 5.82 Å². The molecule has 0 saturated heterocycles. The van der Waals surface area contributed by atoms with Gasteiger partial charge in [0.1, 0.15) is 11.5 Å². The van der Waals surface area contributed by atoms with E-state index in [1.54, 1.807) is 6.20 Å². The van der Waals surface area contributed by atoms with Crippen molar-refractivity contribution in [2.24, 2.45) is 0 Å². The standard InChI is InChI=1S/C14H21N5/c1-5-9-19-12(7-8-16-19)14-17-11(4)10(3)13(18-14)15-6-2/h7-8H,5-6,9H2,1-4H3,(H,15,17,18). The number of hydrogen-bond acceptors (Lipinski definition) is 4. The maximum Gasteiger partial charge on any atom is 0.180 e. The molecule has 0 amide bonds. The van der Waals surface area contributed by atoms with Crippen LogP contribution in [-0.2, 0) is 6.54 Å². The Labute approximate surface area is 114 Å². The third-order valence-electron chi connectivity index (χ3n) is 3.11. The maximum absolute atomic E-state index is 4.63. The number of anilines is 1. The second kappa shape index (κ2) is 5.82. The highest BCUT2D eigenvalue weighted by Gasteiger charge is 2.12. The van der Waals surface area contributed by atoms with Crippen molar-refractivity contribution in [3.63, 3.8) is 0 Å². The van der Waals surface area contributed by atoms with E-state index in [1.165, 1.54) is 0 Å². The quantitative estimate of drug-likeness (QED) is 0.897. The van der Waals surface area contributed by atoms with Gasteiger partial charge in [0, 0.05) is 30.5 Å². The summed E-state index contributed by atoms with van der Waals surface area (Å²) in [6, 6.07) is 1.97. The first-order chi connectivity index (χ1) is 9.17. The predicted molar refractivity (Wildman–Crippen MR) is 77.2 cm³/mol. The summed E-state index contributed by atoms with van der Waals surface area (Å²) in [6.07, 6.45) is 2.84. The SMILES string of the molecule is CCCn1nccc1-c1nc(C)c(C)c(NCC)n1. The van der Waals surface area contributed by atoms with Crippen molar-refractivity contribution in [1.82, 2.24) is 19.7 Å². The minimum absolute atomic E-state index is 0.741. The summed E-state index contributed by atoms with van der Waals surface area (Å²) < 4.78 is 1.96. The van der Waals surface area contributed by atoms with Crippen LogP contribution >= 0.6 is 0 Å². The van der Waals surface area contributed by atoms with Gasteiger partial charge in [-0.2, -0.15) is 5.10 Å². The van der Waals surface area contributed by atoms with E-state index >= 15 is 0 Å². The Bertz CT molecular complexity index is 559. The molecule has 0 fully saturated rings. The minimum atomic E-state index is 0.741. The Hall–Kier alpha value is -1.91. The third kappa shape index (κ3) is 2.75. The molecule has 0 aromatic carbocycles. The van der Waals surface area contributed by atoms with Crippen LogP contribution in [0.3, 0.4) is 0 Å². The molecule has 0 aliphatic heterocycles. The lowest BCUT2D eigenvalue weighted by molar-refractivity contribution is 0.606. The second-order valence-electron chi connectivity index (χ2n) is 4.58. The molecule has 1 N–H and O–H groups in total. The average molecular weight is 259 g/mol. The van der Waals surface area contributed by atoms with E-state index in [2.05, 4.69) is 34.2 Å². The van der Waals surface area contributed by atoms with Gasteiger partial charge in [-0.1, -0.05) is 6.92 Å². The first kappa shape index (κ1) is 13.5. The highest BCUT2D eigenvalue weighted by atomic mass is 15.3. The molecule has 5 nitrogen and oxygen atoms in total. The molecule has 2 aromatic heterocycles. The summed E-state index contributed by atoms with van der Waals surface area (Å²) in [4.78, 5) is 9.21. The summed E-state index contributed by atoms with van der Waals surface area (Å²) >= 11 is 0. The van der Waals surface area contributed by atoms with E-state index in [4.69, 9.17) is 0 Å². The zero-order valence-electron chi connectivity index (χ0n) is 12.1. The second-order valence-corrected chi connectivity index (χ2v) is 4.58. The van der Waals surface area contributed by atoms with Crippen LogP contribution in [0.1, 0.15) is 31.5 Å². The van der Waals surface area contributed by atoms with Gasteiger partial charge in [-0.25, -0.2) is 9.97 Å². The van der Waals surface area contributed by atoms with E-state index in [0.717, 1.165) is 48.1 Å². The maximum atomic E-state index is 4.63. The van der Waals surface area contributed by atoms with Gasteiger partial charge in [0.2, 0.25) is 0 Å². The molecule has 5 heteroatoms. The van der Waals surface area contributed by atoms with Crippen LogP contribution < -0.4 is 5.32 Å². The lowest BCUT2D eigenvalue weighted by atomic mass is 10.2. The van der Waals surface area contributed by atoms with Crippen LogP contribution in [0.5, 0.6) is 0 Å². The highest BCUT2D eigenvalue weighted by Crippen LogP contribution is 2.21. The van der Waals surface area contributed by atoms with Gasteiger partial charge in [-0.05, 0) is 33.3 Å². The molecule has 0 bridgehead atoms. The van der Waals surface area contributed by atoms with Gasteiger partial charge < -0.3 is 5.32 Å². The average Bonchev–Trinajstić information content (AvgIpc) is 2.84. The Morgan fingerprint density at radius 2 is 2.00 bits per heavy atom. The number of rotatable bonds is 5. The van der Waals surface area contributed by atoms with Crippen LogP contribution in [0.15, 0.2) is 12.3 Å². The Balaban J connectivity index is 2.47. The summed E-state index contributed by atoms with van der Waals surface area (Å²) in [6.45, 7) is 10.00. The van der Waals surface area contributed by atoms with Crippen LogP contribution in [0.2, 0.25) is 0 Å². The topological polar surface area (TPSA) is 55.6 Å². The molecule has 0 aliphatic rings. The summed E-state index contributed by atoms with van der Waals surface area (Å²) in [5.41, 5.74) is 3.08. The van der Waals surface area contributed by atoms with Crippen molar-refractivity contribution in [3.05, 3.63) is 23.5 Å². The van der Waals surface area contributed by atoms with Crippen LogP contribution in [-0.4, -0.2) is 26.3 Å². The van der Waals surface area contributed by atoms with Crippen molar-refractivity contribution in [3.8, 4) is 11.5 Å². The normalized spacial score (nSPS) is 10.7. The van der Waals surface area contributed by atoms with Crippen molar-refractivity contribution < 1.29 is 0 Å². The fourth-order valence-electron chi connectivity index (χ4n) is 2.00. The fourth-order valence-corrected chi connectivity index (χ4v) is 2.00. The van der Waals surface area contributed by atoms with E-state index in [0.29, 0.717) is 0 Å². The molecule has 0 radical (unpaired) electrons. The van der Waals surface area contributed by atoms with Gasteiger partial charge in [-0.15, -0.1) is 0 Å². The molecular weight excluding hydrogens is 238 g/mol. The van der Waals surface area contributed by atoms with E-state index in [-0.39, 0.29) is 0 Å². The van der Waals surface area contributed by atoms with E-state index in [1.807, 2.05) is 24.6 Å². The molecule has 0 atom stereocenters. The molecule has 2 aromatic rings. The zero-order valence-corrected chi connectivity index (χ0v) is 12.1. The first-order valence-corrected chi connectivity index (χ1v) is 6.78. The lowest BCUT2D eigenvalue weighted by Crippen LogP contribution is -2.08. The van der Waals surface area contributed by atoms with Crippen molar-refractivity contribution >= 4 is 5.82 Å². The fraction of sp³-hybridized carbons (Fsp3) is 0.500.